The highest BCUT2D eigenvalue weighted by atomic mass is 35.5. The average Bonchev–Trinajstić information content (AvgIpc) is 3.12. The number of rotatable bonds is 4. The van der Waals surface area contributed by atoms with Crippen LogP contribution in [-0.2, 0) is 5.75 Å². The van der Waals surface area contributed by atoms with Crippen molar-refractivity contribution >= 4 is 40.7 Å². The van der Waals surface area contributed by atoms with E-state index in [-0.39, 0.29) is 0 Å². The van der Waals surface area contributed by atoms with Crippen molar-refractivity contribution in [2.75, 3.05) is 5.73 Å². The second-order valence-electron chi connectivity index (χ2n) is 5.05. The summed E-state index contributed by atoms with van der Waals surface area (Å²) in [4.78, 5) is 4.38. The van der Waals surface area contributed by atoms with Gasteiger partial charge in [0.2, 0.25) is 0 Å². The van der Waals surface area contributed by atoms with E-state index in [0.29, 0.717) is 38.3 Å². The van der Waals surface area contributed by atoms with E-state index < -0.39 is 0 Å². The minimum Gasteiger partial charge on any atom is -0.397 e. The summed E-state index contributed by atoms with van der Waals surface area (Å²) in [6.07, 6.45) is 5.21. The van der Waals surface area contributed by atoms with E-state index in [0.717, 1.165) is 5.75 Å². The molecule has 1 aliphatic carbocycles. The Kier molecular flexibility index (Phi) is 4.62. The molecule has 1 saturated carbocycles. The van der Waals surface area contributed by atoms with Gasteiger partial charge >= 0.3 is 0 Å². The zero-order valence-corrected chi connectivity index (χ0v) is 13.6. The maximum Gasteiger partial charge on any atom is 0.261 e. The molecule has 2 aromatic rings. The topological polar surface area (TPSA) is 64.9 Å². The minimum atomic E-state index is 0.321. The molecule has 3 rings (SSSR count). The highest BCUT2D eigenvalue weighted by molar-refractivity contribution is 7.99. The zero-order chi connectivity index (χ0) is 14.8. The van der Waals surface area contributed by atoms with E-state index in [1.165, 1.54) is 25.7 Å². The molecule has 112 valence electrons. The summed E-state index contributed by atoms with van der Waals surface area (Å²) in [5, 5.41) is 5.60. The van der Waals surface area contributed by atoms with Crippen LogP contribution in [0.5, 0.6) is 0 Å². The summed E-state index contributed by atoms with van der Waals surface area (Å²) in [6.45, 7) is 0. The van der Waals surface area contributed by atoms with Crippen LogP contribution in [0.3, 0.4) is 0 Å². The molecular formula is C14H15Cl2N3OS. The number of hydrogen-bond donors (Lipinski definition) is 1. The van der Waals surface area contributed by atoms with Gasteiger partial charge in [0.05, 0.1) is 27.0 Å². The van der Waals surface area contributed by atoms with Crippen LogP contribution in [0.2, 0.25) is 10.0 Å². The molecule has 0 atom stereocenters. The summed E-state index contributed by atoms with van der Waals surface area (Å²) in [6, 6.07) is 3.32. The van der Waals surface area contributed by atoms with Gasteiger partial charge in [-0.05, 0) is 25.0 Å². The number of nitrogen functional groups attached to an aromatic ring is 1. The number of benzene rings is 1. The molecule has 1 aromatic carbocycles. The fourth-order valence-electron chi connectivity index (χ4n) is 2.45. The second-order valence-corrected chi connectivity index (χ2v) is 7.15. The highest BCUT2D eigenvalue weighted by Crippen LogP contribution is 2.37. The highest BCUT2D eigenvalue weighted by Gasteiger charge is 2.19. The monoisotopic (exact) mass is 343 g/mol. The Morgan fingerprint density at radius 3 is 2.71 bits per heavy atom. The summed E-state index contributed by atoms with van der Waals surface area (Å²) in [7, 11) is 0. The zero-order valence-electron chi connectivity index (χ0n) is 11.3. The molecule has 1 heterocycles. The van der Waals surface area contributed by atoms with Gasteiger partial charge < -0.3 is 10.3 Å². The van der Waals surface area contributed by atoms with Gasteiger partial charge in [-0.3, -0.25) is 0 Å². The summed E-state index contributed by atoms with van der Waals surface area (Å²) in [5.74, 6) is 1.73. The number of nitrogens with two attached hydrogens (primary N) is 1. The molecule has 0 saturated heterocycles. The predicted octanol–water partition coefficient (Wildman–Crippen LogP) is 4.80. The normalized spacial score (nSPS) is 15.7. The van der Waals surface area contributed by atoms with Gasteiger partial charge in [0, 0.05) is 5.25 Å². The van der Waals surface area contributed by atoms with E-state index in [1.807, 2.05) is 11.8 Å². The Balaban J connectivity index is 1.77. The minimum absolute atomic E-state index is 0.321. The molecule has 0 bridgehead atoms. The van der Waals surface area contributed by atoms with E-state index in [9.17, 15) is 0 Å². The lowest BCUT2D eigenvalue weighted by Gasteiger charge is -2.05. The predicted molar refractivity (Wildman–Crippen MR) is 87.7 cm³/mol. The van der Waals surface area contributed by atoms with Crippen molar-refractivity contribution in [1.29, 1.82) is 0 Å². The van der Waals surface area contributed by atoms with E-state index in [1.54, 1.807) is 12.1 Å². The standard InChI is InChI=1S/C14H15Cl2N3OS/c15-9-5-6-10(16)13(17)12(9)14-18-11(19-20-14)7-21-8-3-1-2-4-8/h5-6,8H,1-4,7,17H2. The van der Waals surface area contributed by atoms with Crippen molar-refractivity contribution in [2.45, 2.75) is 36.7 Å². The van der Waals surface area contributed by atoms with Gasteiger partial charge in [0.1, 0.15) is 0 Å². The quantitative estimate of drug-likeness (QED) is 0.807. The molecule has 7 heteroatoms. The van der Waals surface area contributed by atoms with Crippen LogP contribution in [0.25, 0.3) is 11.5 Å². The first kappa shape index (κ1) is 15.0. The molecule has 0 aliphatic heterocycles. The lowest BCUT2D eigenvalue weighted by atomic mass is 10.2. The SMILES string of the molecule is Nc1c(Cl)ccc(Cl)c1-c1nc(CSC2CCCC2)no1. The van der Waals surface area contributed by atoms with Crippen LogP contribution < -0.4 is 5.73 Å². The van der Waals surface area contributed by atoms with E-state index in [4.69, 9.17) is 33.5 Å². The van der Waals surface area contributed by atoms with Crippen LogP contribution in [0.1, 0.15) is 31.5 Å². The molecule has 1 aliphatic rings. The van der Waals surface area contributed by atoms with Crippen molar-refractivity contribution in [3.8, 4) is 11.5 Å². The fourth-order valence-corrected chi connectivity index (χ4v) is 4.02. The van der Waals surface area contributed by atoms with Crippen LogP contribution in [0.4, 0.5) is 5.69 Å². The summed E-state index contributed by atoms with van der Waals surface area (Å²) < 4.78 is 5.29. The van der Waals surface area contributed by atoms with Gasteiger partial charge in [0.25, 0.3) is 5.89 Å². The van der Waals surface area contributed by atoms with Crippen LogP contribution in [0.15, 0.2) is 16.7 Å². The Labute approximate surface area is 137 Å². The van der Waals surface area contributed by atoms with E-state index in [2.05, 4.69) is 10.1 Å². The summed E-state index contributed by atoms with van der Waals surface area (Å²) in [5.41, 5.74) is 6.82. The van der Waals surface area contributed by atoms with Crippen LogP contribution in [-0.4, -0.2) is 15.4 Å². The largest absolute Gasteiger partial charge is 0.397 e. The Bertz CT molecular complexity index is 641. The molecule has 0 amide bonds. The first-order valence-corrected chi connectivity index (χ1v) is 8.63. The number of anilines is 1. The van der Waals surface area contributed by atoms with Crippen molar-refractivity contribution < 1.29 is 4.52 Å². The van der Waals surface area contributed by atoms with Gasteiger partial charge in [-0.1, -0.05) is 41.2 Å². The van der Waals surface area contributed by atoms with Gasteiger partial charge in [-0.15, -0.1) is 0 Å². The Morgan fingerprint density at radius 2 is 1.95 bits per heavy atom. The van der Waals surface area contributed by atoms with E-state index >= 15 is 0 Å². The molecular weight excluding hydrogens is 329 g/mol. The average molecular weight is 344 g/mol. The van der Waals surface area contributed by atoms with Crippen LogP contribution in [0, 0.1) is 0 Å². The maximum atomic E-state index is 6.15. The number of thioether (sulfide) groups is 1. The Morgan fingerprint density at radius 1 is 1.24 bits per heavy atom. The number of hydrogen-bond acceptors (Lipinski definition) is 5. The Hall–Kier alpha value is -0.910. The lowest BCUT2D eigenvalue weighted by Crippen LogP contribution is -1.96. The molecule has 0 spiro atoms. The first-order valence-electron chi connectivity index (χ1n) is 6.83. The van der Waals surface area contributed by atoms with Crippen LogP contribution >= 0.6 is 35.0 Å². The number of halogens is 2. The fraction of sp³-hybridized carbons (Fsp3) is 0.429. The molecule has 1 fully saturated rings. The third-order valence-electron chi connectivity index (χ3n) is 3.57. The molecule has 1 aromatic heterocycles. The van der Waals surface area contributed by atoms with Crippen molar-refractivity contribution in [3.63, 3.8) is 0 Å². The molecule has 2 N–H and O–H groups in total. The smallest absolute Gasteiger partial charge is 0.261 e. The molecule has 21 heavy (non-hydrogen) atoms. The van der Waals surface area contributed by atoms with Gasteiger partial charge in [-0.2, -0.15) is 16.7 Å². The third-order valence-corrected chi connectivity index (χ3v) is 5.59. The third kappa shape index (κ3) is 3.30. The number of nitrogens with zero attached hydrogens (tertiary/aromatic N) is 2. The summed E-state index contributed by atoms with van der Waals surface area (Å²) >= 11 is 14.0. The second kappa shape index (κ2) is 6.46. The first-order chi connectivity index (χ1) is 10.1. The van der Waals surface area contributed by atoms with Crippen molar-refractivity contribution in [1.82, 2.24) is 10.1 Å². The number of aromatic nitrogens is 2. The molecule has 0 radical (unpaired) electrons. The molecule has 4 nitrogen and oxygen atoms in total. The van der Waals surface area contributed by atoms with Crippen molar-refractivity contribution in [3.05, 3.63) is 28.0 Å². The maximum absolute atomic E-state index is 6.15. The van der Waals surface area contributed by atoms with Crippen molar-refractivity contribution in [2.24, 2.45) is 0 Å². The lowest BCUT2D eigenvalue weighted by molar-refractivity contribution is 0.425. The molecule has 0 unspecified atom stereocenters. The van der Waals surface area contributed by atoms with Gasteiger partial charge in [-0.25, -0.2) is 0 Å². The van der Waals surface area contributed by atoms with Gasteiger partial charge in [0.15, 0.2) is 5.82 Å².